The fraction of sp³-hybridized carbons (Fsp3) is 0.667. The predicted octanol–water partition coefficient (Wildman–Crippen LogP) is 2.21. The zero-order valence-electron chi connectivity index (χ0n) is 13.0. The molecule has 2 unspecified atom stereocenters. The second-order valence-electron chi connectivity index (χ2n) is 5.38. The average Bonchev–Trinajstić information content (AvgIpc) is 2.93. The van der Waals surface area contributed by atoms with Crippen LogP contribution in [0.1, 0.15) is 49.9 Å². The summed E-state index contributed by atoms with van der Waals surface area (Å²) in [4.78, 5) is 0.380. The average molecular weight is 308 g/mol. The van der Waals surface area contributed by atoms with Gasteiger partial charge >= 0.3 is 0 Å². The quantitative estimate of drug-likeness (QED) is 0.785. The molecule has 1 heterocycles. The maximum absolute atomic E-state index is 5.95. The van der Waals surface area contributed by atoms with Gasteiger partial charge in [-0.3, -0.25) is 0 Å². The van der Waals surface area contributed by atoms with Crippen LogP contribution in [0, 0.1) is 0 Å². The molecule has 116 valence electrons. The lowest BCUT2D eigenvalue weighted by molar-refractivity contribution is 0.101. The second kappa shape index (κ2) is 7.13. The number of nitrogens with one attached hydrogen (secondary N) is 1. The molecule has 1 aromatic heterocycles. The molecule has 1 aliphatic carbocycles. The SMILES string of the molecule is CCc1nnc(NC2CCCC2OC)c(C(N)=S)c1CC. The van der Waals surface area contributed by atoms with Crippen molar-refractivity contribution in [2.75, 3.05) is 12.4 Å². The summed E-state index contributed by atoms with van der Waals surface area (Å²) in [6.07, 6.45) is 5.17. The van der Waals surface area contributed by atoms with E-state index in [2.05, 4.69) is 29.4 Å². The molecule has 1 aromatic rings. The Morgan fingerprint density at radius 2 is 2.10 bits per heavy atom. The molecule has 0 saturated heterocycles. The highest BCUT2D eigenvalue weighted by molar-refractivity contribution is 7.80. The number of rotatable bonds is 6. The van der Waals surface area contributed by atoms with Gasteiger partial charge in [0.25, 0.3) is 0 Å². The van der Waals surface area contributed by atoms with Crippen LogP contribution in [-0.4, -0.2) is 34.4 Å². The molecule has 0 bridgehead atoms. The Bertz CT molecular complexity index is 521. The third-order valence-corrected chi connectivity index (χ3v) is 4.37. The van der Waals surface area contributed by atoms with E-state index < -0.39 is 0 Å². The van der Waals surface area contributed by atoms with Crippen LogP contribution in [0.5, 0.6) is 0 Å². The molecule has 0 aliphatic heterocycles. The standard InChI is InChI=1S/C15H24N4OS/c1-4-9-10(5-2)18-19-15(13(9)14(16)21)17-11-7-6-8-12(11)20-3/h11-12H,4-8H2,1-3H3,(H2,16,21)(H,17,19). The van der Waals surface area contributed by atoms with Gasteiger partial charge in [0, 0.05) is 7.11 Å². The lowest BCUT2D eigenvalue weighted by Crippen LogP contribution is -2.32. The van der Waals surface area contributed by atoms with E-state index >= 15 is 0 Å². The van der Waals surface area contributed by atoms with Gasteiger partial charge in [-0.2, -0.15) is 5.10 Å². The Hall–Kier alpha value is -1.27. The number of nitrogens with zero attached hydrogens (tertiary/aromatic N) is 2. The summed E-state index contributed by atoms with van der Waals surface area (Å²) in [6, 6.07) is 0.245. The predicted molar refractivity (Wildman–Crippen MR) is 88.7 cm³/mol. The molecule has 6 heteroatoms. The third kappa shape index (κ3) is 3.32. The highest BCUT2D eigenvalue weighted by Crippen LogP contribution is 2.27. The van der Waals surface area contributed by atoms with Crippen molar-refractivity contribution in [1.82, 2.24) is 10.2 Å². The molecule has 21 heavy (non-hydrogen) atoms. The van der Waals surface area contributed by atoms with Crippen molar-refractivity contribution < 1.29 is 4.74 Å². The minimum absolute atomic E-state index is 0.210. The molecule has 2 rings (SSSR count). The lowest BCUT2D eigenvalue weighted by Gasteiger charge is -2.22. The van der Waals surface area contributed by atoms with Crippen LogP contribution >= 0.6 is 12.2 Å². The first kappa shape index (κ1) is 16.1. The summed E-state index contributed by atoms with van der Waals surface area (Å²) in [5, 5.41) is 12.1. The fourth-order valence-electron chi connectivity index (χ4n) is 3.09. The fourth-order valence-corrected chi connectivity index (χ4v) is 3.31. The molecule has 0 radical (unpaired) electrons. The van der Waals surface area contributed by atoms with Gasteiger partial charge < -0.3 is 15.8 Å². The van der Waals surface area contributed by atoms with E-state index in [1.54, 1.807) is 7.11 Å². The molecule has 1 fully saturated rings. The van der Waals surface area contributed by atoms with Crippen LogP contribution in [0.2, 0.25) is 0 Å². The largest absolute Gasteiger partial charge is 0.389 e. The lowest BCUT2D eigenvalue weighted by atomic mass is 10.0. The Kier molecular flexibility index (Phi) is 5.47. The van der Waals surface area contributed by atoms with Gasteiger partial charge in [0.1, 0.15) is 4.99 Å². The van der Waals surface area contributed by atoms with Crippen molar-refractivity contribution in [2.24, 2.45) is 5.73 Å². The normalized spacial score (nSPS) is 21.5. The van der Waals surface area contributed by atoms with Crippen molar-refractivity contribution in [2.45, 2.75) is 58.1 Å². The number of thiocarbonyl (C=S) groups is 1. The molecule has 3 N–H and O–H groups in total. The van der Waals surface area contributed by atoms with E-state index in [4.69, 9.17) is 22.7 Å². The summed E-state index contributed by atoms with van der Waals surface area (Å²) in [7, 11) is 1.75. The molecular weight excluding hydrogens is 284 g/mol. The number of hydrogen-bond donors (Lipinski definition) is 2. The van der Waals surface area contributed by atoms with Gasteiger partial charge in [-0.05, 0) is 37.7 Å². The first-order chi connectivity index (χ1) is 10.1. The first-order valence-corrected chi connectivity index (χ1v) is 8.00. The van der Waals surface area contributed by atoms with Crippen LogP contribution in [0.25, 0.3) is 0 Å². The van der Waals surface area contributed by atoms with E-state index in [0.717, 1.165) is 48.9 Å². The van der Waals surface area contributed by atoms with E-state index in [9.17, 15) is 0 Å². The van der Waals surface area contributed by atoms with Crippen LogP contribution in [-0.2, 0) is 17.6 Å². The molecular formula is C15H24N4OS. The third-order valence-electron chi connectivity index (χ3n) is 4.17. The van der Waals surface area contributed by atoms with Gasteiger partial charge in [0.05, 0.1) is 23.4 Å². The highest BCUT2D eigenvalue weighted by Gasteiger charge is 2.29. The number of aryl methyl sites for hydroxylation is 1. The van der Waals surface area contributed by atoms with Gasteiger partial charge in [-0.1, -0.05) is 26.1 Å². The van der Waals surface area contributed by atoms with Crippen molar-refractivity contribution in [3.05, 3.63) is 16.8 Å². The summed E-state index contributed by atoms with van der Waals surface area (Å²) < 4.78 is 5.52. The minimum Gasteiger partial charge on any atom is -0.389 e. The van der Waals surface area contributed by atoms with Gasteiger partial charge in [0.2, 0.25) is 0 Å². The maximum atomic E-state index is 5.95. The molecule has 0 spiro atoms. The molecule has 0 aromatic carbocycles. The van der Waals surface area contributed by atoms with Crippen molar-refractivity contribution in [1.29, 1.82) is 0 Å². The number of ether oxygens (including phenoxy) is 1. The Morgan fingerprint density at radius 1 is 1.33 bits per heavy atom. The number of nitrogens with two attached hydrogens (primary N) is 1. The zero-order chi connectivity index (χ0) is 15.4. The molecule has 0 amide bonds. The number of hydrogen-bond acceptors (Lipinski definition) is 5. The molecule has 1 saturated carbocycles. The summed E-state index contributed by atoms with van der Waals surface area (Å²) >= 11 is 5.25. The zero-order valence-corrected chi connectivity index (χ0v) is 13.8. The van der Waals surface area contributed by atoms with Crippen LogP contribution in [0.15, 0.2) is 0 Å². The maximum Gasteiger partial charge on any atom is 0.159 e. The number of anilines is 1. The van der Waals surface area contributed by atoms with Gasteiger partial charge in [-0.25, -0.2) is 0 Å². The van der Waals surface area contributed by atoms with Crippen LogP contribution in [0.4, 0.5) is 5.82 Å². The Balaban J connectivity index is 2.36. The smallest absolute Gasteiger partial charge is 0.159 e. The second-order valence-corrected chi connectivity index (χ2v) is 5.82. The topological polar surface area (TPSA) is 73.1 Å². The summed E-state index contributed by atoms with van der Waals surface area (Å²) in [6.45, 7) is 4.16. The van der Waals surface area contributed by atoms with Gasteiger partial charge in [-0.15, -0.1) is 5.10 Å². The number of aromatic nitrogens is 2. The first-order valence-electron chi connectivity index (χ1n) is 7.59. The Morgan fingerprint density at radius 3 is 2.67 bits per heavy atom. The summed E-state index contributed by atoms with van der Waals surface area (Å²) in [5.74, 6) is 0.700. The molecule has 1 aliphatic rings. The van der Waals surface area contributed by atoms with E-state index in [-0.39, 0.29) is 12.1 Å². The van der Waals surface area contributed by atoms with Crippen molar-refractivity contribution >= 4 is 23.0 Å². The molecule has 2 atom stereocenters. The minimum atomic E-state index is 0.210. The molecule has 5 nitrogen and oxygen atoms in total. The van der Waals surface area contributed by atoms with Crippen LogP contribution < -0.4 is 11.1 Å². The van der Waals surface area contributed by atoms with E-state index in [1.807, 2.05) is 0 Å². The van der Waals surface area contributed by atoms with Crippen molar-refractivity contribution in [3.63, 3.8) is 0 Å². The van der Waals surface area contributed by atoms with Crippen LogP contribution in [0.3, 0.4) is 0 Å². The van der Waals surface area contributed by atoms with E-state index in [0.29, 0.717) is 10.8 Å². The monoisotopic (exact) mass is 308 g/mol. The van der Waals surface area contributed by atoms with Gasteiger partial charge in [0.15, 0.2) is 5.82 Å². The summed E-state index contributed by atoms with van der Waals surface area (Å²) in [5.41, 5.74) is 8.88. The highest BCUT2D eigenvalue weighted by atomic mass is 32.1. The van der Waals surface area contributed by atoms with Crippen molar-refractivity contribution in [3.8, 4) is 0 Å². The van der Waals surface area contributed by atoms with E-state index in [1.165, 1.54) is 0 Å². The number of methoxy groups -OCH3 is 1. The Labute approximate surface area is 131 Å².